The zero-order valence-electron chi connectivity index (χ0n) is 21.4. The molecule has 186 valence electrons. The van der Waals surface area contributed by atoms with Crippen molar-refractivity contribution in [1.29, 1.82) is 0 Å². The van der Waals surface area contributed by atoms with Gasteiger partial charge >= 0.3 is 13.2 Å². The first-order valence-corrected chi connectivity index (χ1v) is 12.3. The van der Waals surface area contributed by atoms with Crippen molar-refractivity contribution in [3.63, 3.8) is 0 Å². The van der Waals surface area contributed by atoms with Gasteiger partial charge in [0, 0.05) is 25.7 Å². The van der Waals surface area contributed by atoms with Crippen LogP contribution in [0.2, 0.25) is 0 Å². The average Bonchev–Trinajstić information content (AvgIpc) is 3.46. The lowest BCUT2D eigenvalue weighted by molar-refractivity contribution is 0.00578. The normalized spacial score (nSPS) is 18.1. The number of ether oxygens (including phenoxy) is 1. The minimum atomic E-state index is -0.606. The van der Waals surface area contributed by atoms with E-state index in [0.717, 1.165) is 11.2 Å². The second kappa shape index (κ2) is 9.26. The maximum atomic E-state index is 12.8. The minimum absolute atomic E-state index is 0.00905. The lowest BCUT2D eigenvalue weighted by Gasteiger charge is -2.32. The number of carbonyl (C=O) groups is 1. The van der Waals surface area contributed by atoms with E-state index >= 15 is 0 Å². The quantitative estimate of drug-likeness (QED) is 0.499. The third-order valence-corrected chi connectivity index (χ3v) is 7.40. The molecule has 1 N–H and O–H groups in total. The molecule has 7 nitrogen and oxygen atoms in total. The fourth-order valence-electron chi connectivity index (χ4n) is 4.72. The summed E-state index contributed by atoms with van der Waals surface area (Å²) in [7, 11) is 1.26. The molecule has 2 heterocycles. The van der Waals surface area contributed by atoms with E-state index < -0.39 is 24.4 Å². The van der Waals surface area contributed by atoms with Gasteiger partial charge in [-0.15, -0.1) is 0 Å². The molecule has 8 heteroatoms. The van der Waals surface area contributed by atoms with Gasteiger partial charge in [-0.2, -0.15) is 5.10 Å². The molecule has 1 aliphatic heterocycles. The zero-order chi connectivity index (χ0) is 25.5. The van der Waals surface area contributed by atoms with Crippen molar-refractivity contribution in [2.24, 2.45) is 7.05 Å². The number of fused-ring (bicyclic) bond motifs is 3. The summed E-state index contributed by atoms with van der Waals surface area (Å²) < 4.78 is 19.9. The number of nitrogens with zero attached hydrogens (tertiary/aromatic N) is 2. The van der Waals surface area contributed by atoms with E-state index in [1.165, 1.54) is 22.3 Å². The molecule has 36 heavy (non-hydrogen) atoms. The Labute approximate surface area is 212 Å². The molecular formula is C28H32BN3O4. The summed E-state index contributed by atoms with van der Waals surface area (Å²) in [6.07, 6.45) is 3.28. The second-order valence-corrected chi connectivity index (χ2v) is 10.4. The van der Waals surface area contributed by atoms with Crippen molar-refractivity contribution in [3.05, 3.63) is 83.1 Å². The van der Waals surface area contributed by atoms with Crippen molar-refractivity contribution < 1.29 is 18.8 Å². The summed E-state index contributed by atoms with van der Waals surface area (Å²) >= 11 is 0. The Morgan fingerprint density at radius 2 is 1.61 bits per heavy atom. The van der Waals surface area contributed by atoms with Crippen molar-refractivity contribution in [3.8, 4) is 11.1 Å². The molecule has 2 aromatic carbocycles. The number of benzene rings is 2. The van der Waals surface area contributed by atoms with Crippen molar-refractivity contribution >= 4 is 19.3 Å². The highest BCUT2D eigenvalue weighted by Gasteiger charge is 2.52. The molecule has 0 radical (unpaired) electrons. The van der Waals surface area contributed by atoms with Crippen LogP contribution in [0, 0.1) is 0 Å². The molecule has 0 bridgehead atoms. The van der Waals surface area contributed by atoms with E-state index in [1.807, 2.05) is 77.3 Å². The number of hydrogen-bond acceptors (Lipinski definition) is 5. The van der Waals surface area contributed by atoms with Gasteiger partial charge in [0.2, 0.25) is 0 Å². The number of aromatic nitrogens is 2. The third kappa shape index (κ3) is 4.58. The van der Waals surface area contributed by atoms with Crippen LogP contribution in [0.1, 0.15) is 50.4 Å². The number of amides is 1. The maximum absolute atomic E-state index is 12.8. The topological polar surface area (TPSA) is 74.6 Å². The summed E-state index contributed by atoms with van der Waals surface area (Å²) in [4.78, 5) is 12.8. The predicted molar refractivity (Wildman–Crippen MR) is 140 cm³/mol. The zero-order valence-corrected chi connectivity index (χ0v) is 21.4. The number of carbonyl (C=O) groups excluding carboxylic acids is 1. The molecule has 0 spiro atoms. The molecule has 5 rings (SSSR count). The highest BCUT2D eigenvalue weighted by Crippen LogP contribution is 2.44. The summed E-state index contributed by atoms with van der Waals surface area (Å²) in [5.74, 6) is 0.00905. The highest BCUT2D eigenvalue weighted by atomic mass is 16.7. The summed E-state index contributed by atoms with van der Waals surface area (Å²) in [6, 6.07) is 18.5. The minimum Gasteiger partial charge on any atom is -0.449 e. The number of aryl methyl sites for hydroxylation is 1. The molecule has 3 aromatic rings. The van der Waals surface area contributed by atoms with Gasteiger partial charge < -0.3 is 19.4 Å². The van der Waals surface area contributed by atoms with Gasteiger partial charge in [-0.05, 0) is 67.6 Å². The van der Waals surface area contributed by atoms with Crippen molar-refractivity contribution in [2.45, 2.75) is 44.8 Å². The van der Waals surface area contributed by atoms with E-state index in [-0.39, 0.29) is 19.1 Å². The van der Waals surface area contributed by atoms with Gasteiger partial charge in [0.25, 0.3) is 0 Å². The van der Waals surface area contributed by atoms with E-state index in [4.69, 9.17) is 14.0 Å². The first-order chi connectivity index (χ1) is 17.1. The van der Waals surface area contributed by atoms with E-state index in [0.29, 0.717) is 0 Å². The molecule has 2 aliphatic rings. The van der Waals surface area contributed by atoms with E-state index in [9.17, 15) is 4.79 Å². The molecule has 0 atom stereocenters. The first kappa shape index (κ1) is 24.3. The molecule has 1 aromatic heterocycles. The van der Waals surface area contributed by atoms with E-state index in [2.05, 4.69) is 34.7 Å². The Kier molecular flexibility index (Phi) is 6.26. The van der Waals surface area contributed by atoms with Gasteiger partial charge in [-0.1, -0.05) is 48.5 Å². The Hall–Kier alpha value is -3.36. The lowest BCUT2D eigenvalue weighted by atomic mass is 9.77. The van der Waals surface area contributed by atoms with Gasteiger partial charge in [0.05, 0.1) is 16.9 Å². The largest absolute Gasteiger partial charge is 0.492 e. The van der Waals surface area contributed by atoms with E-state index in [1.54, 1.807) is 4.68 Å². The first-order valence-electron chi connectivity index (χ1n) is 12.3. The number of hydrogen-bond donors (Lipinski definition) is 1. The van der Waals surface area contributed by atoms with Crippen LogP contribution >= 0.6 is 0 Å². The fourth-order valence-corrected chi connectivity index (χ4v) is 4.72. The van der Waals surface area contributed by atoms with Gasteiger partial charge in [-0.25, -0.2) is 4.79 Å². The Bertz CT molecular complexity index is 1250. The summed E-state index contributed by atoms with van der Waals surface area (Å²) in [6.45, 7) is 8.49. The molecule has 1 amide bonds. The van der Waals surface area contributed by atoms with Crippen LogP contribution in [0.3, 0.4) is 0 Å². The summed E-state index contributed by atoms with van der Waals surface area (Å²) in [5.41, 5.74) is 5.29. The monoisotopic (exact) mass is 485 g/mol. The average molecular weight is 485 g/mol. The molecule has 1 aliphatic carbocycles. The Balaban J connectivity index is 1.28. The maximum Gasteiger partial charge on any atom is 0.492 e. The van der Waals surface area contributed by atoms with Crippen LogP contribution in [0.4, 0.5) is 4.79 Å². The predicted octanol–water partition coefficient (Wildman–Crippen LogP) is 4.97. The second-order valence-electron chi connectivity index (χ2n) is 10.4. The van der Waals surface area contributed by atoms with Crippen LogP contribution in [-0.2, 0) is 21.1 Å². The molecule has 1 fully saturated rings. The molecule has 0 unspecified atom stereocenters. The Morgan fingerprint density at radius 3 is 2.17 bits per heavy atom. The summed E-state index contributed by atoms with van der Waals surface area (Å²) in [5, 5.41) is 7.33. The Morgan fingerprint density at radius 1 is 1.03 bits per heavy atom. The number of nitrogens with one attached hydrogen (secondary N) is 1. The number of rotatable bonds is 6. The van der Waals surface area contributed by atoms with Crippen LogP contribution in [-0.4, -0.2) is 47.3 Å². The van der Waals surface area contributed by atoms with Crippen molar-refractivity contribution in [1.82, 2.24) is 15.1 Å². The standard InChI is InChI=1S/C28H32BN3O4/c1-27(2)28(3,4)36-29(35-27)19(16-20-14-15-32(5)31-20)17-30-26(33)34-18-25-23-12-8-6-10-21(23)22-11-7-9-13-24(22)25/h6-16,25H,17-18H2,1-5H3,(H,30,33). The lowest BCUT2D eigenvalue weighted by Crippen LogP contribution is -2.41. The molecular weight excluding hydrogens is 453 g/mol. The van der Waals surface area contributed by atoms with Crippen LogP contribution in [0.15, 0.2) is 66.3 Å². The molecule has 0 saturated carbocycles. The van der Waals surface area contributed by atoms with Crippen LogP contribution in [0.25, 0.3) is 17.2 Å². The van der Waals surface area contributed by atoms with Crippen LogP contribution < -0.4 is 5.32 Å². The fraction of sp³-hybridized carbons (Fsp3) is 0.357. The molecule has 1 saturated heterocycles. The van der Waals surface area contributed by atoms with Gasteiger partial charge in [0.15, 0.2) is 0 Å². The highest BCUT2D eigenvalue weighted by molar-refractivity contribution is 6.56. The van der Waals surface area contributed by atoms with Crippen molar-refractivity contribution in [2.75, 3.05) is 13.2 Å². The smallest absolute Gasteiger partial charge is 0.449 e. The van der Waals surface area contributed by atoms with Gasteiger partial charge in [0.1, 0.15) is 6.61 Å². The number of alkyl carbamates (subject to hydrolysis) is 1. The third-order valence-electron chi connectivity index (χ3n) is 7.40. The van der Waals surface area contributed by atoms with Crippen LogP contribution in [0.5, 0.6) is 0 Å². The van der Waals surface area contributed by atoms with Gasteiger partial charge in [-0.3, -0.25) is 4.68 Å². The SMILES string of the molecule is Cn1ccc(C=C(CNC(=O)OCC2c3ccccc3-c3ccccc32)B2OC(C)(C)C(C)(C)O2)n1.